The number of rotatable bonds is 2. The summed E-state index contributed by atoms with van der Waals surface area (Å²) >= 11 is 5.92. The van der Waals surface area contributed by atoms with Crippen molar-refractivity contribution in [2.45, 2.75) is 13.8 Å². The van der Waals surface area contributed by atoms with E-state index in [0.717, 1.165) is 27.7 Å². The molecule has 104 valence electrons. The van der Waals surface area contributed by atoms with Crippen LogP contribution in [0, 0.1) is 6.92 Å². The Balaban J connectivity index is 2.28. The second-order valence-electron chi connectivity index (χ2n) is 5.14. The largest absolute Gasteiger partial charge is 0.294 e. The molecule has 3 rings (SSSR count). The molecule has 0 aliphatic rings. The summed E-state index contributed by atoms with van der Waals surface area (Å²) in [6, 6.07) is 15.3. The maximum Gasteiger partial charge on any atom is 0.160 e. The van der Waals surface area contributed by atoms with Crippen molar-refractivity contribution in [2.75, 3.05) is 0 Å². The third kappa shape index (κ3) is 2.67. The van der Waals surface area contributed by atoms with E-state index in [2.05, 4.69) is 4.98 Å². The number of aryl methyl sites for hydroxylation is 1. The Morgan fingerprint density at radius 2 is 1.76 bits per heavy atom. The minimum Gasteiger partial charge on any atom is -0.294 e. The van der Waals surface area contributed by atoms with Crippen LogP contribution in [-0.4, -0.2) is 10.8 Å². The molecule has 1 aromatic heterocycles. The van der Waals surface area contributed by atoms with Crippen LogP contribution >= 0.6 is 11.6 Å². The Bertz CT molecular complexity index is 838. The first-order chi connectivity index (χ1) is 10.0. The van der Waals surface area contributed by atoms with Gasteiger partial charge in [-0.25, -0.2) is 4.98 Å². The first kappa shape index (κ1) is 13.8. The Morgan fingerprint density at radius 1 is 1.05 bits per heavy atom. The van der Waals surface area contributed by atoms with E-state index in [1.807, 2.05) is 55.5 Å². The fraction of sp³-hybridized carbons (Fsp3) is 0.111. The van der Waals surface area contributed by atoms with Crippen LogP contribution in [0.3, 0.4) is 0 Å². The lowest BCUT2D eigenvalue weighted by Gasteiger charge is -2.09. The van der Waals surface area contributed by atoms with Gasteiger partial charge in [0, 0.05) is 21.5 Å². The fourth-order valence-corrected chi connectivity index (χ4v) is 2.53. The first-order valence-corrected chi connectivity index (χ1v) is 7.11. The molecule has 1 heterocycles. The molecule has 0 aliphatic heterocycles. The zero-order valence-electron chi connectivity index (χ0n) is 11.9. The van der Waals surface area contributed by atoms with Gasteiger partial charge in [-0.2, -0.15) is 0 Å². The summed E-state index contributed by atoms with van der Waals surface area (Å²) in [4.78, 5) is 16.6. The summed E-state index contributed by atoms with van der Waals surface area (Å²) < 4.78 is 0. The van der Waals surface area contributed by atoms with E-state index in [-0.39, 0.29) is 5.78 Å². The number of Topliss-reactive ketones (excluding diaryl/α,β-unsaturated/α-hetero) is 1. The standard InChI is InChI=1S/C18H14ClNO/c1-11-3-8-17-16(9-11)15(12(2)21)10-18(20-17)13-4-6-14(19)7-5-13/h3-10H,1-2H3. The summed E-state index contributed by atoms with van der Waals surface area (Å²) in [7, 11) is 0. The van der Waals surface area contributed by atoms with Gasteiger partial charge < -0.3 is 0 Å². The molecule has 0 saturated heterocycles. The molecule has 2 aromatic carbocycles. The number of ketones is 1. The number of hydrogen-bond donors (Lipinski definition) is 0. The molecule has 0 amide bonds. The topological polar surface area (TPSA) is 30.0 Å². The van der Waals surface area contributed by atoms with E-state index < -0.39 is 0 Å². The first-order valence-electron chi connectivity index (χ1n) is 6.73. The average Bonchev–Trinajstić information content (AvgIpc) is 2.46. The van der Waals surface area contributed by atoms with Crippen LogP contribution < -0.4 is 0 Å². The lowest BCUT2D eigenvalue weighted by atomic mass is 10.0. The van der Waals surface area contributed by atoms with Crippen molar-refractivity contribution in [1.82, 2.24) is 4.98 Å². The Hall–Kier alpha value is -2.19. The van der Waals surface area contributed by atoms with Crippen molar-refractivity contribution < 1.29 is 4.79 Å². The molecular formula is C18H14ClNO. The molecule has 3 heteroatoms. The monoisotopic (exact) mass is 295 g/mol. The average molecular weight is 296 g/mol. The number of fused-ring (bicyclic) bond motifs is 1. The molecule has 0 fully saturated rings. The lowest BCUT2D eigenvalue weighted by molar-refractivity contribution is 0.101. The minimum absolute atomic E-state index is 0.0446. The van der Waals surface area contributed by atoms with Gasteiger partial charge in [0.05, 0.1) is 11.2 Å². The van der Waals surface area contributed by atoms with E-state index in [1.165, 1.54) is 0 Å². The number of carbonyl (C=O) groups excluding carboxylic acids is 1. The molecule has 3 aromatic rings. The Labute approximate surface area is 128 Å². The minimum atomic E-state index is 0.0446. The summed E-state index contributed by atoms with van der Waals surface area (Å²) in [5.74, 6) is 0.0446. The van der Waals surface area contributed by atoms with Gasteiger partial charge in [-0.1, -0.05) is 35.4 Å². The van der Waals surface area contributed by atoms with Crippen molar-refractivity contribution in [1.29, 1.82) is 0 Å². The molecule has 0 radical (unpaired) electrons. The van der Waals surface area contributed by atoms with Crippen LogP contribution in [0.5, 0.6) is 0 Å². The van der Waals surface area contributed by atoms with E-state index in [1.54, 1.807) is 6.92 Å². The van der Waals surface area contributed by atoms with E-state index >= 15 is 0 Å². The zero-order chi connectivity index (χ0) is 15.0. The van der Waals surface area contributed by atoms with E-state index in [4.69, 9.17) is 11.6 Å². The number of carbonyl (C=O) groups is 1. The van der Waals surface area contributed by atoms with Crippen molar-refractivity contribution in [3.05, 3.63) is 64.7 Å². The number of benzene rings is 2. The molecule has 0 N–H and O–H groups in total. The highest BCUT2D eigenvalue weighted by atomic mass is 35.5. The highest BCUT2D eigenvalue weighted by Crippen LogP contribution is 2.26. The van der Waals surface area contributed by atoms with Crippen LogP contribution in [-0.2, 0) is 0 Å². The van der Waals surface area contributed by atoms with Gasteiger partial charge in [0.1, 0.15) is 0 Å². The van der Waals surface area contributed by atoms with E-state index in [9.17, 15) is 4.79 Å². The number of aromatic nitrogens is 1. The third-order valence-electron chi connectivity index (χ3n) is 3.48. The van der Waals surface area contributed by atoms with Crippen LogP contribution in [0.4, 0.5) is 0 Å². The van der Waals surface area contributed by atoms with Crippen LogP contribution in [0.25, 0.3) is 22.2 Å². The third-order valence-corrected chi connectivity index (χ3v) is 3.74. The second kappa shape index (κ2) is 5.30. The predicted octanol–water partition coefficient (Wildman–Crippen LogP) is 5.07. The van der Waals surface area contributed by atoms with Gasteiger partial charge in [0.15, 0.2) is 5.78 Å². The molecule has 2 nitrogen and oxygen atoms in total. The zero-order valence-corrected chi connectivity index (χ0v) is 12.6. The van der Waals surface area contributed by atoms with Crippen LogP contribution in [0.1, 0.15) is 22.8 Å². The van der Waals surface area contributed by atoms with E-state index in [0.29, 0.717) is 10.6 Å². The van der Waals surface area contributed by atoms with Crippen molar-refractivity contribution in [2.24, 2.45) is 0 Å². The van der Waals surface area contributed by atoms with Gasteiger partial charge in [0.2, 0.25) is 0 Å². The van der Waals surface area contributed by atoms with Crippen LogP contribution in [0.15, 0.2) is 48.5 Å². The van der Waals surface area contributed by atoms with Gasteiger partial charge in [-0.3, -0.25) is 4.79 Å². The molecule has 0 bridgehead atoms. The lowest BCUT2D eigenvalue weighted by Crippen LogP contribution is -1.98. The highest BCUT2D eigenvalue weighted by molar-refractivity contribution is 6.30. The number of nitrogens with zero attached hydrogens (tertiary/aromatic N) is 1. The smallest absolute Gasteiger partial charge is 0.160 e. The van der Waals surface area contributed by atoms with Gasteiger partial charge in [-0.05, 0) is 44.2 Å². The predicted molar refractivity (Wildman–Crippen MR) is 86.9 cm³/mol. The normalized spacial score (nSPS) is 10.8. The second-order valence-corrected chi connectivity index (χ2v) is 5.58. The number of pyridine rings is 1. The van der Waals surface area contributed by atoms with Gasteiger partial charge in [0.25, 0.3) is 0 Å². The number of hydrogen-bond acceptors (Lipinski definition) is 2. The SMILES string of the molecule is CC(=O)c1cc(-c2ccc(Cl)cc2)nc2ccc(C)cc12. The molecule has 0 saturated carbocycles. The summed E-state index contributed by atoms with van der Waals surface area (Å²) in [6.45, 7) is 3.60. The number of halogens is 1. The molecule has 0 unspecified atom stereocenters. The molecule has 21 heavy (non-hydrogen) atoms. The molecule has 0 aliphatic carbocycles. The molecular weight excluding hydrogens is 282 g/mol. The molecule has 0 atom stereocenters. The summed E-state index contributed by atoms with van der Waals surface area (Å²) in [5, 5.41) is 1.59. The Morgan fingerprint density at radius 3 is 2.43 bits per heavy atom. The highest BCUT2D eigenvalue weighted by Gasteiger charge is 2.11. The van der Waals surface area contributed by atoms with Gasteiger partial charge >= 0.3 is 0 Å². The van der Waals surface area contributed by atoms with Crippen molar-refractivity contribution in [3.63, 3.8) is 0 Å². The van der Waals surface area contributed by atoms with Crippen LogP contribution in [0.2, 0.25) is 5.02 Å². The van der Waals surface area contributed by atoms with Gasteiger partial charge in [-0.15, -0.1) is 0 Å². The maximum absolute atomic E-state index is 12.0. The summed E-state index contributed by atoms with van der Waals surface area (Å²) in [6.07, 6.45) is 0. The molecule has 0 spiro atoms. The maximum atomic E-state index is 12.0. The van der Waals surface area contributed by atoms with Crippen molar-refractivity contribution in [3.8, 4) is 11.3 Å². The van der Waals surface area contributed by atoms with Crippen molar-refractivity contribution >= 4 is 28.3 Å². The Kier molecular flexibility index (Phi) is 3.48. The fourth-order valence-electron chi connectivity index (χ4n) is 2.40. The quantitative estimate of drug-likeness (QED) is 0.618. The summed E-state index contributed by atoms with van der Waals surface area (Å²) in [5.41, 5.74) is 4.38.